The van der Waals surface area contributed by atoms with Gasteiger partial charge in [0.15, 0.2) is 11.6 Å². The Morgan fingerprint density at radius 1 is 1.15 bits per heavy atom. The van der Waals surface area contributed by atoms with E-state index in [-0.39, 0.29) is 5.75 Å². The fourth-order valence-corrected chi connectivity index (χ4v) is 2.37. The number of ether oxygens (including phenoxy) is 1. The van der Waals surface area contributed by atoms with Crippen LogP contribution >= 0.6 is 0 Å². The predicted molar refractivity (Wildman–Crippen MR) is 77.5 cm³/mol. The van der Waals surface area contributed by atoms with Crippen LogP contribution in [-0.2, 0) is 6.42 Å². The van der Waals surface area contributed by atoms with Crippen LogP contribution in [0.3, 0.4) is 0 Å². The molecule has 2 nitrogen and oxygen atoms in total. The Morgan fingerprint density at radius 2 is 1.80 bits per heavy atom. The number of aliphatic hydroxyl groups excluding tert-OH is 1. The number of hydrogen-bond acceptors (Lipinski definition) is 2. The van der Waals surface area contributed by atoms with E-state index in [2.05, 4.69) is 0 Å². The maximum absolute atomic E-state index is 13.4. The molecular formula is C17H19FO2. The zero-order valence-electron chi connectivity index (χ0n) is 12.0. The van der Waals surface area contributed by atoms with Crippen LogP contribution in [0.15, 0.2) is 36.4 Å². The molecule has 0 aliphatic heterocycles. The summed E-state index contributed by atoms with van der Waals surface area (Å²) in [5, 5.41) is 10.4. The van der Waals surface area contributed by atoms with Gasteiger partial charge in [-0.3, -0.25) is 0 Å². The monoisotopic (exact) mass is 274 g/mol. The third-order valence-electron chi connectivity index (χ3n) is 3.60. The number of halogens is 1. The van der Waals surface area contributed by atoms with Crippen molar-refractivity contribution in [3.63, 3.8) is 0 Å². The van der Waals surface area contributed by atoms with Crippen molar-refractivity contribution >= 4 is 0 Å². The molecule has 2 rings (SSSR count). The molecule has 1 unspecified atom stereocenters. The minimum Gasteiger partial charge on any atom is -0.494 e. The number of hydrogen-bond donors (Lipinski definition) is 1. The summed E-state index contributed by atoms with van der Waals surface area (Å²) in [4.78, 5) is 0. The predicted octanol–water partition coefficient (Wildman–Crippen LogP) is 3.73. The van der Waals surface area contributed by atoms with Gasteiger partial charge in [0.1, 0.15) is 0 Å². The highest BCUT2D eigenvalue weighted by molar-refractivity contribution is 5.37. The third kappa shape index (κ3) is 2.99. The van der Waals surface area contributed by atoms with Crippen molar-refractivity contribution in [3.05, 3.63) is 64.5 Å². The highest BCUT2D eigenvalue weighted by Gasteiger charge is 2.14. The Kier molecular flexibility index (Phi) is 4.40. The van der Waals surface area contributed by atoms with Crippen LogP contribution in [0, 0.1) is 19.7 Å². The van der Waals surface area contributed by atoms with E-state index >= 15 is 0 Å². The van der Waals surface area contributed by atoms with E-state index in [4.69, 9.17) is 4.74 Å². The molecule has 0 spiro atoms. The van der Waals surface area contributed by atoms with Gasteiger partial charge in [0.05, 0.1) is 13.2 Å². The summed E-state index contributed by atoms with van der Waals surface area (Å²) in [7, 11) is 1.42. The number of methoxy groups -OCH3 is 1. The summed E-state index contributed by atoms with van der Waals surface area (Å²) >= 11 is 0. The largest absolute Gasteiger partial charge is 0.494 e. The Bertz CT molecular complexity index is 588. The van der Waals surface area contributed by atoms with Gasteiger partial charge in [0.25, 0.3) is 0 Å². The van der Waals surface area contributed by atoms with Gasteiger partial charge in [0.2, 0.25) is 0 Å². The molecule has 0 heterocycles. The van der Waals surface area contributed by atoms with Crippen LogP contribution in [0.5, 0.6) is 5.75 Å². The van der Waals surface area contributed by atoms with Crippen molar-refractivity contribution in [2.75, 3.05) is 7.11 Å². The summed E-state index contributed by atoms with van der Waals surface area (Å²) in [6, 6.07) is 10.5. The Morgan fingerprint density at radius 3 is 2.40 bits per heavy atom. The van der Waals surface area contributed by atoms with Gasteiger partial charge in [-0.25, -0.2) is 4.39 Å². The molecule has 0 bridgehead atoms. The number of benzene rings is 2. The molecule has 0 amide bonds. The maximum Gasteiger partial charge on any atom is 0.165 e. The molecular weight excluding hydrogens is 255 g/mol. The summed E-state index contributed by atoms with van der Waals surface area (Å²) in [5.74, 6) is -0.265. The molecule has 1 atom stereocenters. The first-order valence-corrected chi connectivity index (χ1v) is 6.59. The van der Waals surface area contributed by atoms with E-state index in [1.165, 1.54) is 13.2 Å². The molecule has 0 saturated heterocycles. The van der Waals surface area contributed by atoms with Gasteiger partial charge in [0, 0.05) is 6.42 Å². The zero-order chi connectivity index (χ0) is 14.7. The molecule has 2 aromatic rings. The SMILES string of the molecule is COc1cc(C(O)Cc2c(C)cccc2C)ccc1F. The standard InChI is InChI=1S/C17H19FO2/c1-11-5-4-6-12(2)14(11)10-16(19)13-7-8-15(18)17(9-13)20-3/h4-9,16,19H,10H2,1-3H3. The summed E-state index contributed by atoms with van der Waals surface area (Å²) in [6.07, 6.45) is -0.169. The molecule has 0 aliphatic rings. The lowest BCUT2D eigenvalue weighted by Gasteiger charge is -2.16. The molecule has 0 aliphatic carbocycles. The van der Waals surface area contributed by atoms with Crippen molar-refractivity contribution in [1.82, 2.24) is 0 Å². The van der Waals surface area contributed by atoms with Crippen LogP contribution in [0.1, 0.15) is 28.4 Å². The van der Waals surface area contributed by atoms with Gasteiger partial charge in [-0.15, -0.1) is 0 Å². The molecule has 2 aromatic carbocycles. The third-order valence-corrected chi connectivity index (χ3v) is 3.60. The zero-order valence-corrected chi connectivity index (χ0v) is 12.0. The first kappa shape index (κ1) is 14.5. The molecule has 0 saturated carbocycles. The topological polar surface area (TPSA) is 29.5 Å². The molecule has 0 radical (unpaired) electrons. The fourth-order valence-electron chi connectivity index (χ4n) is 2.37. The minimum absolute atomic E-state index is 0.156. The van der Waals surface area contributed by atoms with E-state index in [9.17, 15) is 9.50 Å². The highest BCUT2D eigenvalue weighted by atomic mass is 19.1. The first-order chi connectivity index (χ1) is 9.52. The Labute approximate surface area is 118 Å². The maximum atomic E-state index is 13.4. The van der Waals surface area contributed by atoms with Gasteiger partial charge >= 0.3 is 0 Å². The average Bonchev–Trinajstić information content (AvgIpc) is 2.43. The highest BCUT2D eigenvalue weighted by Crippen LogP contribution is 2.26. The van der Waals surface area contributed by atoms with Crippen molar-refractivity contribution in [1.29, 1.82) is 0 Å². The summed E-state index contributed by atoms with van der Waals surface area (Å²) in [5.41, 5.74) is 4.09. The average molecular weight is 274 g/mol. The van der Waals surface area contributed by atoms with Crippen molar-refractivity contribution in [2.24, 2.45) is 0 Å². The van der Waals surface area contributed by atoms with Gasteiger partial charge in [-0.1, -0.05) is 24.3 Å². The second kappa shape index (κ2) is 6.06. The van der Waals surface area contributed by atoms with Crippen molar-refractivity contribution in [2.45, 2.75) is 26.4 Å². The molecule has 0 fully saturated rings. The van der Waals surface area contributed by atoms with Crippen LogP contribution in [-0.4, -0.2) is 12.2 Å². The Balaban J connectivity index is 2.26. The lowest BCUT2D eigenvalue weighted by atomic mass is 9.94. The van der Waals surface area contributed by atoms with E-state index in [0.717, 1.165) is 16.7 Å². The summed E-state index contributed by atoms with van der Waals surface area (Å²) in [6.45, 7) is 4.06. The summed E-state index contributed by atoms with van der Waals surface area (Å²) < 4.78 is 18.3. The lowest BCUT2D eigenvalue weighted by molar-refractivity contribution is 0.177. The van der Waals surface area contributed by atoms with E-state index in [0.29, 0.717) is 12.0 Å². The number of aryl methyl sites for hydroxylation is 2. The van der Waals surface area contributed by atoms with Crippen molar-refractivity contribution in [3.8, 4) is 5.75 Å². The molecule has 1 N–H and O–H groups in total. The normalized spacial score (nSPS) is 12.2. The van der Waals surface area contributed by atoms with Gasteiger partial charge < -0.3 is 9.84 Å². The Hall–Kier alpha value is -1.87. The second-order valence-corrected chi connectivity index (χ2v) is 4.98. The molecule has 20 heavy (non-hydrogen) atoms. The lowest BCUT2D eigenvalue weighted by Crippen LogP contribution is -2.05. The fraction of sp³-hybridized carbons (Fsp3) is 0.294. The van der Waals surface area contributed by atoms with Gasteiger partial charge in [-0.05, 0) is 48.2 Å². The van der Waals surface area contributed by atoms with E-state index < -0.39 is 11.9 Å². The molecule has 0 aromatic heterocycles. The van der Waals surface area contributed by atoms with Crippen LogP contribution in [0.2, 0.25) is 0 Å². The minimum atomic E-state index is -0.677. The van der Waals surface area contributed by atoms with Crippen LogP contribution < -0.4 is 4.74 Å². The molecule has 3 heteroatoms. The number of aliphatic hydroxyl groups is 1. The number of rotatable bonds is 4. The second-order valence-electron chi connectivity index (χ2n) is 4.98. The van der Waals surface area contributed by atoms with Crippen LogP contribution in [0.25, 0.3) is 0 Å². The molecule has 106 valence electrons. The quantitative estimate of drug-likeness (QED) is 0.920. The van der Waals surface area contributed by atoms with E-state index in [1.807, 2.05) is 32.0 Å². The van der Waals surface area contributed by atoms with Crippen LogP contribution in [0.4, 0.5) is 4.39 Å². The first-order valence-electron chi connectivity index (χ1n) is 6.59. The van der Waals surface area contributed by atoms with Crippen molar-refractivity contribution < 1.29 is 14.2 Å². The smallest absolute Gasteiger partial charge is 0.165 e. The van der Waals surface area contributed by atoms with E-state index in [1.54, 1.807) is 12.1 Å². The van der Waals surface area contributed by atoms with Gasteiger partial charge in [-0.2, -0.15) is 0 Å².